The highest BCUT2D eigenvalue weighted by atomic mass is 79.9. The largest absolute Gasteiger partial charge is 0.384 e. The fourth-order valence-electron chi connectivity index (χ4n) is 1.90. The van der Waals surface area contributed by atoms with Gasteiger partial charge < -0.3 is 5.32 Å². The molecular weight excluding hydrogens is 312 g/mol. The molecule has 0 unspecified atom stereocenters. The van der Waals surface area contributed by atoms with Gasteiger partial charge in [-0.3, -0.25) is 4.98 Å². The van der Waals surface area contributed by atoms with Gasteiger partial charge in [0, 0.05) is 27.8 Å². The number of benzene rings is 1. The minimum Gasteiger partial charge on any atom is -0.384 e. The molecule has 1 aromatic heterocycles. The molecule has 0 aliphatic carbocycles. The van der Waals surface area contributed by atoms with E-state index in [4.69, 9.17) is 11.6 Å². The summed E-state index contributed by atoms with van der Waals surface area (Å²) in [7, 11) is 0. The molecule has 2 nitrogen and oxygen atoms in total. The van der Waals surface area contributed by atoms with Crippen LogP contribution in [0.4, 0.5) is 5.69 Å². The van der Waals surface area contributed by atoms with Crippen molar-refractivity contribution in [2.24, 2.45) is 0 Å². The van der Waals surface area contributed by atoms with Crippen LogP contribution in [0.15, 0.2) is 22.7 Å². The van der Waals surface area contributed by atoms with E-state index < -0.39 is 0 Å². The molecule has 0 saturated carbocycles. The number of hydrogen-bond acceptors (Lipinski definition) is 2. The summed E-state index contributed by atoms with van der Waals surface area (Å²) in [6.45, 7) is 5.20. The molecular formula is C14H16BrClN2. The highest BCUT2D eigenvalue weighted by molar-refractivity contribution is 9.10. The molecule has 0 fully saturated rings. The summed E-state index contributed by atoms with van der Waals surface area (Å²) < 4.78 is 1.02. The molecule has 0 spiro atoms. The summed E-state index contributed by atoms with van der Waals surface area (Å²) in [5.74, 6) is 0. The number of hydrogen-bond donors (Lipinski definition) is 1. The first kappa shape index (κ1) is 13.6. The fourth-order valence-corrected chi connectivity index (χ4v) is 2.63. The zero-order chi connectivity index (χ0) is 13.1. The Kier molecular flexibility index (Phi) is 4.46. The minimum atomic E-state index is 0.697. The summed E-state index contributed by atoms with van der Waals surface area (Å²) in [6.07, 6.45) is 1.99. The van der Waals surface area contributed by atoms with Crippen LogP contribution in [0.3, 0.4) is 0 Å². The van der Waals surface area contributed by atoms with Crippen LogP contribution in [0.2, 0.25) is 5.02 Å². The third-order valence-electron chi connectivity index (χ3n) is 2.84. The van der Waals surface area contributed by atoms with E-state index in [1.807, 2.05) is 12.1 Å². The van der Waals surface area contributed by atoms with Gasteiger partial charge in [0.2, 0.25) is 0 Å². The SMILES string of the molecule is CCCNc1cc(CC)nc2c(Cl)ccc(Br)c12. The molecule has 18 heavy (non-hydrogen) atoms. The van der Waals surface area contributed by atoms with Crippen molar-refractivity contribution in [1.82, 2.24) is 4.98 Å². The molecule has 0 aliphatic rings. The topological polar surface area (TPSA) is 24.9 Å². The number of nitrogens with one attached hydrogen (secondary N) is 1. The van der Waals surface area contributed by atoms with Gasteiger partial charge in [0.25, 0.3) is 0 Å². The van der Waals surface area contributed by atoms with Crippen molar-refractivity contribution in [2.45, 2.75) is 26.7 Å². The molecule has 0 bridgehead atoms. The Hall–Kier alpha value is -0.800. The molecule has 0 atom stereocenters. The third kappa shape index (κ3) is 2.62. The Morgan fingerprint density at radius 1 is 1.33 bits per heavy atom. The van der Waals surface area contributed by atoms with Crippen molar-refractivity contribution in [3.05, 3.63) is 33.4 Å². The van der Waals surface area contributed by atoms with E-state index in [9.17, 15) is 0 Å². The molecule has 0 radical (unpaired) electrons. The van der Waals surface area contributed by atoms with Gasteiger partial charge in [-0.2, -0.15) is 0 Å². The lowest BCUT2D eigenvalue weighted by Gasteiger charge is -2.13. The highest BCUT2D eigenvalue weighted by Crippen LogP contribution is 2.34. The summed E-state index contributed by atoms with van der Waals surface area (Å²) in [6, 6.07) is 5.96. The Balaban J connectivity index is 2.68. The van der Waals surface area contributed by atoms with E-state index >= 15 is 0 Å². The van der Waals surface area contributed by atoms with Crippen LogP contribution in [0.25, 0.3) is 10.9 Å². The zero-order valence-corrected chi connectivity index (χ0v) is 12.9. The normalized spacial score (nSPS) is 10.9. The van der Waals surface area contributed by atoms with Crippen LogP contribution >= 0.6 is 27.5 Å². The summed E-state index contributed by atoms with van der Waals surface area (Å²) >= 11 is 9.83. The van der Waals surface area contributed by atoms with Gasteiger partial charge in [0.1, 0.15) is 0 Å². The number of aromatic nitrogens is 1. The van der Waals surface area contributed by atoms with Crippen molar-refractivity contribution in [2.75, 3.05) is 11.9 Å². The van der Waals surface area contributed by atoms with Gasteiger partial charge in [-0.25, -0.2) is 0 Å². The fraction of sp³-hybridized carbons (Fsp3) is 0.357. The summed E-state index contributed by atoms with van der Waals surface area (Å²) in [5.41, 5.74) is 3.03. The third-order valence-corrected chi connectivity index (χ3v) is 3.81. The molecule has 1 aromatic carbocycles. The summed E-state index contributed by atoms with van der Waals surface area (Å²) in [5, 5.41) is 5.21. The van der Waals surface area contributed by atoms with Crippen LogP contribution in [0, 0.1) is 0 Å². The standard InChI is InChI=1S/C14H16BrClN2/c1-3-7-17-12-8-9(4-2)18-14-11(16)6-5-10(15)13(12)14/h5-6,8H,3-4,7H2,1-2H3,(H,17,18). The smallest absolute Gasteiger partial charge is 0.0923 e. The van der Waals surface area contributed by atoms with Crippen molar-refractivity contribution in [1.29, 1.82) is 0 Å². The van der Waals surface area contributed by atoms with Gasteiger partial charge in [-0.05, 0) is 31.0 Å². The summed E-state index contributed by atoms with van der Waals surface area (Å²) in [4.78, 5) is 4.62. The first-order chi connectivity index (χ1) is 8.67. The van der Waals surface area contributed by atoms with Crippen molar-refractivity contribution in [3.8, 4) is 0 Å². The zero-order valence-electron chi connectivity index (χ0n) is 10.6. The average Bonchev–Trinajstić information content (AvgIpc) is 2.39. The molecule has 1 heterocycles. The van der Waals surface area contributed by atoms with Gasteiger partial charge in [0.05, 0.1) is 10.5 Å². The van der Waals surface area contributed by atoms with E-state index in [0.29, 0.717) is 5.02 Å². The van der Waals surface area contributed by atoms with Crippen LogP contribution in [0.1, 0.15) is 26.0 Å². The van der Waals surface area contributed by atoms with Gasteiger partial charge in [0.15, 0.2) is 0 Å². The minimum absolute atomic E-state index is 0.697. The molecule has 96 valence electrons. The number of aryl methyl sites for hydroxylation is 1. The second-order valence-electron chi connectivity index (χ2n) is 4.19. The molecule has 4 heteroatoms. The monoisotopic (exact) mass is 326 g/mol. The molecule has 2 rings (SSSR count). The molecule has 2 aromatic rings. The second-order valence-corrected chi connectivity index (χ2v) is 5.46. The molecule has 0 aliphatic heterocycles. The van der Waals surface area contributed by atoms with E-state index in [-0.39, 0.29) is 0 Å². The van der Waals surface area contributed by atoms with Crippen molar-refractivity contribution in [3.63, 3.8) is 0 Å². The maximum Gasteiger partial charge on any atom is 0.0923 e. The lowest BCUT2D eigenvalue weighted by Crippen LogP contribution is -2.03. The molecule has 1 N–H and O–H groups in total. The lowest BCUT2D eigenvalue weighted by atomic mass is 10.1. The maximum absolute atomic E-state index is 6.25. The van der Waals surface area contributed by atoms with Crippen LogP contribution < -0.4 is 5.32 Å². The number of pyridine rings is 1. The quantitative estimate of drug-likeness (QED) is 0.851. The van der Waals surface area contributed by atoms with E-state index in [1.165, 1.54) is 0 Å². The van der Waals surface area contributed by atoms with Gasteiger partial charge >= 0.3 is 0 Å². The number of fused-ring (bicyclic) bond motifs is 1. The van der Waals surface area contributed by atoms with Crippen LogP contribution in [-0.2, 0) is 6.42 Å². The van der Waals surface area contributed by atoms with Gasteiger partial charge in [-0.15, -0.1) is 0 Å². The lowest BCUT2D eigenvalue weighted by molar-refractivity contribution is 0.977. The molecule has 0 saturated heterocycles. The maximum atomic E-state index is 6.25. The van der Waals surface area contributed by atoms with Crippen molar-refractivity contribution < 1.29 is 0 Å². The molecule has 0 amide bonds. The number of rotatable bonds is 4. The van der Waals surface area contributed by atoms with Crippen molar-refractivity contribution >= 4 is 44.1 Å². The highest BCUT2D eigenvalue weighted by Gasteiger charge is 2.11. The van der Waals surface area contributed by atoms with E-state index in [2.05, 4.69) is 46.1 Å². The number of nitrogens with zero attached hydrogens (tertiary/aromatic N) is 1. The van der Waals surface area contributed by atoms with Crippen LogP contribution in [-0.4, -0.2) is 11.5 Å². The first-order valence-electron chi connectivity index (χ1n) is 6.18. The predicted molar refractivity (Wildman–Crippen MR) is 82.6 cm³/mol. The Bertz CT molecular complexity index is 569. The van der Waals surface area contributed by atoms with Gasteiger partial charge in [-0.1, -0.05) is 41.4 Å². The Morgan fingerprint density at radius 3 is 2.78 bits per heavy atom. The van der Waals surface area contributed by atoms with E-state index in [1.54, 1.807) is 0 Å². The van der Waals surface area contributed by atoms with Crippen LogP contribution in [0.5, 0.6) is 0 Å². The number of halogens is 2. The number of anilines is 1. The average molecular weight is 328 g/mol. The Morgan fingerprint density at radius 2 is 2.11 bits per heavy atom. The Labute approximate surface area is 121 Å². The predicted octanol–water partition coefficient (Wildman–Crippen LogP) is 5.04. The first-order valence-corrected chi connectivity index (χ1v) is 7.36. The van der Waals surface area contributed by atoms with E-state index in [0.717, 1.165) is 46.1 Å². The second kappa shape index (κ2) is 5.89.